The molecule has 82 valence electrons. The van der Waals surface area contributed by atoms with E-state index in [4.69, 9.17) is 0 Å². The highest BCUT2D eigenvalue weighted by Crippen LogP contribution is 2.04. The van der Waals surface area contributed by atoms with Crippen LogP contribution in [0.3, 0.4) is 0 Å². The summed E-state index contributed by atoms with van der Waals surface area (Å²) in [4.78, 5) is 12.5. The summed E-state index contributed by atoms with van der Waals surface area (Å²) in [5.74, 6) is -0.319. The second kappa shape index (κ2) is 4.57. The van der Waals surface area contributed by atoms with Crippen LogP contribution in [0.2, 0.25) is 0 Å². The standard InChI is InChI=1S/C11H11N3O2/c1-16-11(15)7-9-8-12-14(13-9)10-5-3-2-4-6-10/h2-6,8H,7H2,1H3. The van der Waals surface area contributed by atoms with Crippen LogP contribution in [-0.4, -0.2) is 28.1 Å². The van der Waals surface area contributed by atoms with E-state index in [1.54, 1.807) is 6.20 Å². The Morgan fingerprint density at radius 1 is 1.38 bits per heavy atom. The summed E-state index contributed by atoms with van der Waals surface area (Å²) in [5, 5.41) is 8.24. The Labute approximate surface area is 92.7 Å². The second-order valence-electron chi connectivity index (χ2n) is 3.21. The predicted octanol–water partition coefficient (Wildman–Crippen LogP) is 0.983. The van der Waals surface area contributed by atoms with E-state index in [0.29, 0.717) is 5.69 Å². The SMILES string of the molecule is COC(=O)Cc1cnn(-c2ccccc2)n1. The Hall–Kier alpha value is -2.17. The first-order chi connectivity index (χ1) is 7.79. The highest BCUT2D eigenvalue weighted by molar-refractivity contribution is 5.71. The minimum absolute atomic E-state index is 0.142. The third kappa shape index (κ3) is 2.25. The molecule has 0 bridgehead atoms. The smallest absolute Gasteiger partial charge is 0.311 e. The molecule has 0 unspecified atom stereocenters. The molecule has 0 atom stereocenters. The van der Waals surface area contributed by atoms with E-state index in [-0.39, 0.29) is 12.4 Å². The normalized spacial score (nSPS) is 10.1. The molecular formula is C11H11N3O2. The number of rotatable bonds is 3. The Balaban J connectivity index is 2.17. The van der Waals surface area contributed by atoms with E-state index in [0.717, 1.165) is 5.69 Å². The Morgan fingerprint density at radius 2 is 2.12 bits per heavy atom. The molecule has 2 aromatic rings. The average Bonchev–Trinajstić information content (AvgIpc) is 2.78. The zero-order chi connectivity index (χ0) is 11.4. The van der Waals surface area contributed by atoms with Crippen molar-refractivity contribution >= 4 is 5.97 Å². The summed E-state index contributed by atoms with van der Waals surface area (Å²) < 4.78 is 4.55. The minimum Gasteiger partial charge on any atom is -0.469 e. The van der Waals surface area contributed by atoms with Crippen molar-refractivity contribution in [1.29, 1.82) is 0 Å². The van der Waals surface area contributed by atoms with E-state index < -0.39 is 0 Å². The van der Waals surface area contributed by atoms with E-state index in [1.165, 1.54) is 11.9 Å². The zero-order valence-corrected chi connectivity index (χ0v) is 8.83. The van der Waals surface area contributed by atoms with E-state index >= 15 is 0 Å². The van der Waals surface area contributed by atoms with Gasteiger partial charge in [-0.05, 0) is 12.1 Å². The number of esters is 1. The number of hydrogen-bond acceptors (Lipinski definition) is 4. The van der Waals surface area contributed by atoms with Gasteiger partial charge in [0, 0.05) is 0 Å². The maximum Gasteiger partial charge on any atom is 0.311 e. The molecule has 0 fully saturated rings. The fraction of sp³-hybridized carbons (Fsp3) is 0.182. The third-order valence-corrected chi connectivity index (χ3v) is 2.08. The van der Waals surface area contributed by atoms with Gasteiger partial charge in [-0.1, -0.05) is 18.2 Å². The van der Waals surface area contributed by atoms with Crippen molar-refractivity contribution in [3.05, 3.63) is 42.2 Å². The number of hydrogen-bond donors (Lipinski definition) is 0. The van der Waals surface area contributed by atoms with Crippen molar-refractivity contribution in [2.45, 2.75) is 6.42 Å². The highest BCUT2D eigenvalue weighted by Gasteiger charge is 2.07. The van der Waals surface area contributed by atoms with Crippen molar-refractivity contribution in [3.8, 4) is 5.69 Å². The number of para-hydroxylation sites is 1. The van der Waals surface area contributed by atoms with Crippen LogP contribution in [0.1, 0.15) is 5.69 Å². The molecule has 2 rings (SSSR count). The summed E-state index contributed by atoms with van der Waals surface area (Å²) in [6.45, 7) is 0. The van der Waals surface area contributed by atoms with Crippen molar-refractivity contribution in [1.82, 2.24) is 15.0 Å². The monoisotopic (exact) mass is 217 g/mol. The molecular weight excluding hydrogens is 206 g/mol. The first-order valence-electron chi connectivity index (χ1n) is 4.83. The maximum absolute atomic E-state index is 11.0. The van der Waals surface area contributed by atoms with Crippen LogP contribution in [0.15, 0.2) is 36.5 Å². The lowest BCUT2D eigenvalue weighted by atomic mass is 10.3. The largest absolute Gasteiger partial charge is 0.469 e. The molecule has 0 amide bonds. The number of carbonyl (C=O) groups excluding carboxylic acids is 1. The molecule has 0 aliphatic heterocycles. The summed E-state index contributed by atoms with van der Waals surface area (Å²) >= 11 is 0. The van der Waals surface area contributed by atoms with Gasteiger partial charge in [0.15, 0.2) is 0 Å². The Bertz CT molecular complexity index is 479. The molecule has 0 aliphatic rings. The summed E-state index contributed by atoms with van der Waals surface area (Å²) in [6.07, 6.45) is 1.70. The minimum atomic E-state index is -0.319. The zero-order valence-electron chi connectivity index (χ0n) is 8.83. The van der Waals surface area contributed by atoms with Gasteiger partial charge in [0.1, 0.15) is 0 Å². The molecule has 0 radical (unpaired) electrons. The Morgan fingerprint density at radius 3 is 2.81 bits per heavy atom. The molecule has 1 aromatic heterocycles. The van der Waals surface area contributed by atoms with Crippen molar-refractivity contribution in [3.63, 3.8) is 0 Å². The van der Waals surface area contributed by atoms with Crippen LogP contribution in [0.5, 0.6) is 0 Å². The fourth-order valence-electron chi connectivity index (χ4n) is 1.28. The van der Waals surface area contributed by atoms with Crippen molar-refractivity contribution in [2.24, 2.45) is 0 Å². The topological polar surface area (TPSA) is 57.0 Å². The van der Waals surface area contributed by atoms with E-state index in [1.807, 2.05) is 30.3 Å². The van der Waals surface area contributed by atoms with Gasteiger partial charge in [-0.25, -0.2) is 0 Å². The lowest BCUT2D eigenvalue weighted by Crippen LogP contribution is -2.06. The molecule has 5 heteroatoms. The maximum atomic E-state index is 11.0. The van der Waals surface area contributed by atoms with Crippen molar-refractivity contribution in [2.75, 3.05) is 7.11 Å². The van der Waals surface area contributed by atoms with Crippen LogP contribution in [0.25, 0.3) is 5.69 Å². The first kappa shape index (κ1) is 10.4. The quantitative estimate of drug-likeness (QED) is 0.719. The average molecular weight is 217 g/mol. The predicted molar refractivity (Wildman–Crippen MR) is 57.1 cm³/mol. The van der Waals surface area contributed by atoms with Crippen LogP contribution in [0, 0.1) is 0 Å². The number of benzene rings is 1. The van der Waals surface area contributed by atoms with Crippen LogP contribution < -0.4 is 0 Å². The summed E-state index contributed by atoms with van der Waals surface area (Å²) in [6, 6.07) is 9.50. The van der Waals surface area contributed by atoms with Crippen LogP contribution in [-0.2, 0) is 16.0 Å². The van der Waals surface area contributed by atoms with Gasteiger partial charge in [-0.15, -0.1) is 0 Å². The summed E-state index contributed by atoms with van der Waals surface area (Å²) in [7, 11) is 1.35. The fourth-order valence-corrected chi connectivity index (χ4v) is 1.28. The number of carbonyl (C=O) groups is 1. The van der Waals surface area contributed by atoms with E-state index in [2.05, 4.69) is 14.9 Å². The first-order valence-corrected chi connectivity index (χ1v) is 4.83. The molecule has 5 nitrogen and oxygen atoms in total. The van der Waals surface area contributed by atoms with Crippen LogP contribution in [0.4, 0.5) is 0 Å². The number of aromatic nitrogens is 3. The van der Waals surface area contributed by atoms with Gasteiger partial charge in [0.25, 0.3) is 0 Å². The van der Waals surface area contributed by atoms with Gasteiger partial charge in [-0.3, -0.25) is 4.79 Å². The third-order valence-electron chi connectivity index (χ3n) is 2.08. The van der Waals surface area contributed by atoms with Gasteiger partial charge < -0.3 is 4.74 Å². The van der Waals surface area contributed by atoms with Gasteiger partial charge in [-0.2, -0.15) is 15.0 Å². The number of ether oxygens (including phenoxy) is 1. The van der Waals surface area contributed by atoms with Crippen LogP contribution >= 0.6 is 0 Å². The molecule has 1 aromatic carbocycles. The Kier molecular flexibility index (Phi) is 2.95. The molecule has 16 heavy (non-hydrogen) atoms. The van der Waals surface area contributed by atoms with Gasteiger partial charge in [0.2, 0.25) is 0 Å². The molecule has 0 aliphatic carbocycles. The van der Waals surface area contributed by atoms with E-state index in [9.17, 15) is 4.79 Å². The molecule has 0 N–H and O–H groups in total. The molecule has 0 spiro atoms. The van der Waals surface area contributed by atoms with Crippen molar-refractivity contribution < 1.29 is 9.53 Å². The summed E-state index contributed by atoms with van der Waals surface area (Å²) in [5.41, 5.74) is 1.45. The molecule has 0 saturated heterocycles. The number of methoxy groups -OCH3 is 1. The lowest BCUT2D eigenvalue weighted by molar-refractivity contribution is -0.139. The highest BCUT2D eigenvalue weighted by atomic mass is 16.5. The molecule has 0 saturated carbocycles. The van der Waals surface area contributed by atoms with Gasteiger partial charge >= 0.3 is 5.97 Å². The second-order valence-corrected chi connectivity index (χ2v) is 3.21. The van der Waals surface area contributed by atoms with Gasteiger partial charge in [0.05, 0.1) is 31.1 Å². The number of nitrogens with zero attached hydrogens (tertiary/aromatic N) is 3. The molecule has 1 heterocycles. The lowest BCUT2D eigenvalue weighted by Gasteiger charge is -1.97.